The molecule has 1 heterocycles. The maximum atomic E-state index is 12.4. The van der Waals surface area contributed by atoms with Crippen LogP contribution < -0.4 is 14.8 Å². The molecule has 0 aromatic heterocycles. The lowest BCUT2D eigenvalue weighted by Crippen LogP contribution is -2.41. The van der Waals surface area contributed by atoms with Crippen LogP contribution in [0.4, 0.5) is 0 Å². The van der Waals surface area contributed by atoms with E-state index >= 15 is 0 Å². The van der Waals surface area contributed by atoms with Crippen molar-refractivity contribution in [3.63, 3.8) is 0 Å². The van der Waals surface area contributed by atoms with Crippen LogP contribution in [0.5, 0.6) is 5.75 Å². The fourth-order valence-corrected chi connectivity index (χ4v) is 5.10. The lowest BCUT2D eigenvalue weighted by atomic mass is 10.0. The van der Waals surface area contributed by atoms with Gasteiger partial charge in [0.05, 0.1) is 18.0 Å². The SMILES string of the molecule is COc1ccc(C(CNC(=O)CCNS(=O)(=O)c2ccc(Br)cc2)N2CCCCC2)cc1. The third-order valence-electron chi connectivity index (χ3n) is 5.59. The number of sulfonamides is 1. The summed E-state index contributed by atoms with van der Waals surface area (Å²) in [6.45, 7) is 2.52. The highest BCUT2D eigenvalue weighted by Crippen LogP contribution is 2.26. The first kappa shape index (κ1) is 24.7. The van der Waals surface area contributed by atoms with Gasteiger partial charge in [-0.3, -0.25) is 9.69 Å². The molecule has 1 atom stereocenters. The number of amides is 1. The van der Waals surface area contributed by atoms with Gasteiger partial charge in [0, 0.05) is 24.0 Å². The highest BCUT2D eigenvalue weighted by atomic mass is 79.9. The third-order valence-corrected chi connectivity index (χ3v) is 7.60. The number of benzene rings is 2. The van der Waals surface area contributed by atoms with Crippen LogP contribution in [0.1, 0.15) is 37.3 Å². The highest BCUT2D eigenvalue weighted by Gasteiger charge is 2.23. The standard InChI is InChI=1S/C23H30BrN3O4S/c1-31-20-9-5-18(6-10-20)22(27-15-3-2-4-16-27)17-25-23(28)13-14-26-32(29,30)21-11-7-19(24)8-12-21/h5-12,22,26H,2-4,13-17H2,1H3,(H,25,28). The van der Waals surface area contributed by atoms with E-state index in [0.717, 1.165) is 41.7 Å². The maximum absolute atomic E-state index is 12.4. The van der Waals surface area contributed by atoms with Crippen LogP contribution in [0.2, 0.25) is 0 Å². The van der Waals surface area contributed by atoms with Crippen molar-refractivity contribution in [3.05, 3.63) is 58.6 Å². The Balaban J connectivity index is 1.54. The summed E-state index contributed by atoms with van der Waals surface area (Å²) in [6.07, 6.45) is 3.61. The van der Waals surface area contributed by atoms with Crippen LogP contribution in [0, 0.1) is 0 Å². The Labute approximate surface area is 198 Å². The number of hydrogen-bond donors (Lipinski definition) is 2. The molecule has 1 aliphatic heterocycles. The van der Waals surface area contributed by atoms with Crippen LogP contribution in [-0.2, 0) is 14.8 Å². The topological polar surface area (TPSA) is 87.7 Å². The minimum absolute atomic E-state index is 0.0428. The number of piperidine rings is 1. The van der Waals surface area contributed by atoms with E-state index in [1.54, 1.807) is 19.2 Å². The van der Waals surface area contributed by atoms with E-state index in [2.05, 4.69) is 30.9 Å². The van der Waals surface area contributed by atoms with E-state index in [-0.39, 0.29) is 29.8 Å². The molecular formula is C23H30BrN3O4S. The van der Waals surface area contributed by atoms with Gasteiger partial charge >= 0.3 is 0 Å². The molecule has 1 unspecified atom stereocenters. The minimum Gasteiger partial charge on any atom is -0.497 e. The molecule has 3 rings (SSSR count). The molecule has 174 valence electrons. The van der Waals surface area contributed by atoms with Gasteiger partial charge in [0.1, 0.15) is 5.75 Å². The number of carbonyl (C=O) groups is 1. The fraction of sp³-hybridized carbons (Fsp3) is 0.435. The summed E-state index contributed by atoms with van der Waals surface area (Å²) in [6, 6.07) is 14.4. The predicted octanol–water partition coefficient (Wildman–Crippen LogP) is 3.47. The Morgan fingerprint density at radius 2 is 1.72 bits per heavy atom. The molecule has 32 heavy (non-hydrogen) atoms. The normalized spacial score (nSPS) is 15.8. The monoisotopic (exact) mass is 523 g/mol. The summed E-state index contributed by atoms with van der Waals surface area (Å²) >= 11 is 3.29. The van der Waals surface area contributed by atoms with Gasteiger partial charge in [0.15, 0.2) is 0 Å². The summed E-state index contributed by atoms with van der Waals surface area (Å²) < 4.78 is 33.3. The van der Waals surface area contributed by atoms with Crippen LogP contribution in [0.15, 0.2) is 57.9 Å². The van der Waals surface area contributed by atoms with Gasteiger partial charge in [-0.25, -0.2) is 13.1 Å². The van der Waals surface area contributed by atoms with Gasteiger partial charge in [-0.05, 0) is 67.9 Å². The van der Waals surface area contributed by atoms with Crippen molar-refractivity contribution in [1.82, 2.24) is 14.9 Å². The molecule has 0 saturated carbocycles. The molecule has 1 saturated heterocycles. The second-order valence-corrected chi connectivity index (χ2v) is 10.5. The van der Waals surface area contributed by atoms with Crippen molar-refractivity contribution in [2.75, 3.05) is 33.3 Å². The first-order valence-corrected chi connectivity index (χ1v) is 13.1. The molecule has 1 fully saturated rings. The van der Waals surface area contributed by atoms with E-state index in [9.17, 15) is 13.2 Å². The fourth-order valence-electron chi connectivity index (χ4n) is 3.81. The smallest absolute Gasteiger partial charge is 0.240 e. The zero-order valence-corrected chi connectivity index (χ0v) is 20.6. The van der Waals surface area contributed by atoms with Crippen LogP contribution >= 0.6 is 15.9 Å². The first-order valence-electron chi connectivity index (χ1n) is 10.8. The number of halogens is 1. The Kier molecular flexibility index (Phi) is 9.10. The van der Waals surface area contributed by atoms with Gasteiger partial charge in [-0.15, -0.1) is 0 Å². The summed E-state index contributed by atoms with van der Waals surface area (Å²) in [5, 5.41) is 2.99. The summed E-state index contributed by atoms with van der Waals surface area (Å²) in [5.41, 5.74) is 1.13. The predicted molar refractivity (Wildman–Crippen MR) is 128 cm³/mol. The average molecular weight is 524 g/mol. The average Bonchev–Trinajstić information content (AvgIpc) is 2.80. The molecule has 0 spiro atoms. The molecule has 9 heteroatoms. The second kappa shape index (κ2) is 11.8. The number of rotatable bonds is 10. The summed E-state index contributed by atoms with van der Waals surface area (Å²) in [4.78, 5) is 15.0. The number of methoxy groups -OCH3 is 1. The Morgan fingerprint density at radius 3 is 2.34 bits per heavy atom. The van der Waals surface area contributed by atoms with Crippen molar-refractivity contribution in [3.8, 4) is 5.75 Å². The molecule has 0 bridgehead atoms. The van der Waals surface area contributed by atoms with Gasteiger partial charge in [-0.1, -0.05) is 34.5 Å². The quantitative estimate of drug-likeness (QED) is 0.497. The molecule has 2 N–H and O–H groups in total. The Bertz CT molecular complexity index is 975. The largest absolute Gasteiger partial charge is 0.497 e. The maximum Gasteiger partial charge on any atom is 0.240 e. The van der Waals surface area contributed by atoms with Crippen molar-refractivity contribution in [2.24, 2.45) is 0 Å². The molecule has 2 aromatic carbocycles. The number of nitrogens with one attached hydrogen (secondary N) is 2. The van der Waals surface area contributed by atoms with E-state index in [0.29, 0.717) is 6.54 Å². The minimum atomic E-state index is -3.64. The lowest BCUT2D eigenvalue weighted by Gasteiger charge is -2.35. The van der Waals surface area contributed by atoms with Crippen LogP contribution in [0.25, 0.3) is 0 Å². The summed E-state index contributed by atoms with van der Waals surface area (Å²) in [5.74, 6) is 0.618. The zero-order chi connectivity index (χ0) is 23.0. The number of nitrogens with zero attached hydrogens (tertiary/aromatic N) is 1. The molecule has 1 aliphatic rings. The lowest BCUT2D eigenvalue weighted by molar-refractivity contribution is -0.121. The van der Waals surface area contributed by atoms with Crippen LogP contribution in [0.3, 0.4) is 0 Å². The van der Waals surface area contributed by atoms with Crippen LogP contribution in [-0.4, -0.2) is 52.5 Å². The highest BCUT2D eigenvalue weighted by molar-refractivity contribution is 9.10. The van der Waals surface area contributed by atoms with Gasteiger partial charge in [0.2, 0.25) is 15.9 Å². The second-order valence-electron chi connectivity index (χ2n) is 7.79. The molecule has 0 radical (unpaired) electrons. The van der Waals surface area contributed by atoms with Gasteiger partial charge < -0.3 is 10.1 Å². The first-order chi connectivity index (χ1) is 15.4. The Morgan fingerprint density at radius 1 is 1.06 bits per heavy atom. The van der Waals surface area contributed by atoms with Crippen molar-refractivity contribution in [2.45, 2.75) is 36.6 Å². The Hall–Kier alpha value is -1.94. The molecule has 0 aliphatic carbocycles. The molecule has 2 aromatic rings. The zero-order valence-electron chi connectivity index (χ0n) is 18.2. The summed E-state index contributed by atoms with van der Waals surface area (Å²) in [7, 11) is -2.00. The van der Waals surface area contributed by atoms with E-state index in [4.69, 9.17) is 4.74 Å². The number of likely N-dealkylation sites (tertiary alicyclic amines) is 1. The number of carbonyl (C=O) groups excluding carboxylic acids is 1. The number of hydrogen-bond acceptors (Lipinski definition) is 5. The van der Waals surface area contributed by atoms with Crippen molar-refractivity contribution < 1.29 is 17.9 Å². The molecular weight excluding hydrogens is 494 g/mol. The van der Waals surface area contributed by atoms with Gasteiger partial charge in [0.25, 0.3) is 0 Å². The van der Waals surface area contributed by atoms with Gasteiger partial charge in [-0.2, -0.15) is 0 Å². The van der Waals surface area contributed by atoms with E-state index in [1.165, 1.54) is 18.6 Å². The van der Waals surface area contributed by atoms with Crippen molar-refractivity contribution in [1.29, 1.82) is 0 Å². The molecule has 7 nitrogen and oxygen atoms in total. The number of ether oxygens (including phenoxy) is 1. The third kappa shape index (κ3) is 7.03. The van der Waals surface area contributed by atoms with E-state index < -0.39 is 10.0 Å². The van der Waals surface area contributed by atoms with E-state index in [1.807, 2.05) is 24.3 Å². The molecule has 1 amide bonds. The van der Waals surface area contributed by atoms with Crippen molar-refractivity contribution >= 4 is 31.9 Å².